The van der Waals surface area contributed by atoms with Crippen LogP contribution in [0.1, 0.15) is 43.7 Å². The quantitative estimate of drug-likeness (QED) is 0.789. The molecule has 2 aliphatic rings. The minimum atomic E-state index is -1.02. The van der Waals surface area contributed by atoms with Crippen molar-refractivity contribution in [1.82, 2.24) is 5.32 Å². The smallest absolute Gasteiger partial charge is 0.267 e. The molecule has 30 heavy (non-hydrogen) atoms. The van der Waals surface area contributed by atoms with E-state index in [-0.39, 0.29) is 5.91 Å². The SMILES string of the molecule is COc1ccccc1C1=NOC(C)(C(=O)NCc2ccc(N3CCCCC3)cc2)C1. The van der Waals surface area contributed by atoms with Crippen molar-refractivity contribution in [2.45, 2.75) is 44.8 Å². The lowest BCUT2D eigenvalue weighted by Crippen LogP contribution is -2.44. The van der Waals surface area contributed by atoms with E-state index in [0.29, 0.717) is 13.0 Å². The van der Waals surface area contributed by atoms with Gasteiger partial charge in [-0.05, 0) is 56.0 Å². The van der Waals surface area contributed by atoms with Crippen molar-refractivity contribution in [3.63, 3.8) is 0 Å². The van der Waals surface area contributed by atoms with Crippen LogP contribution in [0.2, 0.25) is 0 Å². The molecule has 1 atom stereocenters. The molecule has 158 valence electrons. The summed E-state index contributed by atoms with van der Waals surface area (Å²) in [6.45, 7) is 4.48. The molecule has 6 heteroatoms. The summed E-state index contributed by atoms with van der Waals surface area (Å²) in [6.07, 6.45) is 4.24. The van der Waals surface area contributed by atoms with Crippen molar-refractivity contribution in [3.05, 3.63) is 59.7 Å². The van der Waals surface area contributed by atoms with Crippen molar-refractivity contribution >= 4 is 17.3 Å². The highest BCUT2D eigenvalue weighted by Gasteiger charge is 2.42. The molecule has 1 N–H and O–H groups in total. The van der Waals surface area contributed by atoms with Crippen LogP contribution >= 0.6 is 0 Å². The lowest BCUT2D eigenvalue weighted by atomic mass is 9.94. The van der Waals surface area contributed by atoms with Crippen molar-refractivity contribution in [1.29, 1.82) is 0 Å². The second kappa shape index (κ2) is 8.78. The van der Waals surface area contributed by atoms with Gasteiger partial charge in [-0.25, -0.2) is 0 Å². The van der Waals surface area contributed by atoms with E-state index in [0.717, 1.165) is 35.7 Å². The first-order valence-electron chi connectivity index (χ1n) is 10.6. The zero-order chi connectivity index (χ0) is 21.0. The van der Waals surface area contributed by atoms with Crippen LogP contribution in [0.15, 0.2) is 53.7 Å². The number of carbonyl (C=O) groups is 1. The number of nitrogens with zero attached hydrogens (tertiary/aromatic N) is 2. The fourth-order valence-corrected chi connectivity index (χ4v) is 4.04. The second-order valence-corrected chi connectivity index (χ2v) is 8.13. The van der Waals surface area contributed by atoms with E-state index in [2.05, 4.69) is 39.6 Å². The molecule has 0 bridgehead atoms. The van der Waals surface area contributed by atoms with E-state index in [1.165, 1.54) is 24.9 Å². The highest BCUT2D eigenvalue weighted by molar-refractivity contribution is 6.07. The van der Waals surface area contributed by atoms with E-state index < -0.39 is 5.60 Å². The number of nitrogens with one attached hydrogen (secondary N) is 1. The first-order valence-corrected chi connectivity index (χ1v) is 10.6. The number of piperidine rings is 1. The average molecular weight is 408 g/mol. The van der Waals surface area contributed by atoms with Crippen molar-refractivity contribution in [2.75, 3.05) is 25.1 Å². The molecule has 0 saturated carbocycles. The van der Waals surface area contributed by atoms with Crippen LogP contribution in [0.4, 0.5) is 5.69 Å². The third-order valence-corrected chi connectivity index (χ3v) is 5.87. The molecular formula is C24H29N3O3. The highest BCUT2D eigenvalue weighted by Crippen LogP contribution is 2.30. The molecule has 2 aromatic rings. The van der Waals surface area contributed by atoms with Gasteiger partial charge >= 0.3 is 0 Å². The van der Waals surface area contributed by atoms with Crippen LogP contribution in [0.3, 0.4) is 0 Å². The predicted octanol–water partition coefficient (Wildman–Crippen LogP) is 3.89. The molecule has 0 aromatic heterocycles. The summed E-state index contributed by atoms with van der Waals surface area (Å²) >= 11 is 0. The van der Waals surface area contributed by atoms with Gasteiger partial charge in [0.15, 0.2) is 0 Å². The first kappa shape index (κ1) is 20.3. The van der Waals surface area contributed by atoms with Gasteiger partial charge in [-0.2, -0.15) is 0 Å². The summed E-state index contributed by atoms with van der Waals surface area (Å²) in [5, 5.41) is 7.18. The molecule has 2 aromatic carbocycles. The molecule has 1 unspecified atom stereocenters. The molecule has 1 fully saturated rings. The maximum Gasteiger partial charge on any atom is 0.267 e. The molecule has 6 nitrogen and oxygen atoms in total. The van der Waals surface area contributed by atoms with E-state index in [1.807, 2.05) is 24.3 Å². The lowest BCUT2D eigenvalue weighted by molar-refractivity contribution is -0.141. The Bertz CT molecular complexity index is 920. The maximum atomic E-state index is 12.8. The van der Waals surface area contributed by atoms with E-state index >= 15 is 0 Å². The fraction of sp³-hybridized carbons (Fsp3) is 0.417. The van der Waals surface area contributed by atoms with Crippen molar-refractivity contribution in [3.8, 4) is 5.75 Å². The number of methoxy groups -OCH3 is 1. The molecule has 1 saturated heterocycles. The third kappa shape index (κ3) is 4.27. The minimum absolute atomic E-state index is 0.170. The van der Waals surface area contributed by atoms with Crippen LogP contribution in [0, 0.1) is 0 Å². The summed E-state index contributed by atoms with van der Waals surface area (Å²) in [4.78, 5) is 20.8. The second-order valence-electron chi connectivity index (χ2n) is 8.13. The Balaban J connectivity index is 1.34. The standard InChI is InChI=1S/C24H29N3O3/c1-24(16-21(26-30-24)20-8-4-5-9-22(20)29-2)23(28)25-17-18-10-12-19(13-11-18)27-14-6-3-7-15-27/h4-5,8-13H,3,6-7,14-17H2,1-2H3,(H,25,28). The van der Waals surface area contributed by atoms with E-state index in [4.69, 9.17) is 9.57 Å². The molecule has 1 amide bonds. The Morgan fingerprint density at radius 1 is 1.13 bits per heavy atom. The maximum absolute atomic E-state index is 12.8. The topological polar surface area (TPSA) is 63.2 Å². The molecule has 2 aliphatic heterocycles. The largest absolute Gasteiger partial charge is 0.496 e. The average Bonchev–Trinajstić information content (AvgIpc) is 3.21. The van der Waals surface area contributed by atoms with Crippen LogP contribution in [0.5, 0.6) is 5.75 Å². The summed E-state index contributed by atoms with van der Waals surface area (Å²) in [6, 6.07) is 16.1. The Labute approximate surface area is 177 Å². The van der Waals surface area contributed by atoms with Crippen LogP contribution in [-0.4, -0.2) is 37.4 Å². The number of amides is 1. The molecule has 0 radical (unpaired) electrons. The number of carbonyl (C=O) groups excluding carboxylic acids is 1. The van der Waals surface area contributed by atoms with E-state index in [9.17, 15) is 4.79 Å². The molecular weight excluding hydrogens is 378 g/mol. The summed E-state index contributed by atoms with van der Waals surface area (Å²) in [7, 11) is 1.62. The van der Waals surface area contributed by atoms with Gasteiger partial charge in [0.05, 0.1) is 12.8 Å². The molecule has 2 heterocycles. The van der Waals surface area contributed by atoms with Gasteiger partial charge in [0.1, 0.15) is 5.75 Å². The Morgan fingerprint density at radius 2 is 1.87 bits per heavy atom. The normalized spacial score (nSPS) is 21.0. The van der Waals surface area contributed by atoms with Gasteiger partial charge < -0.3 is 19.8 Å². The fourth-order valence-electron chi connectivity index (χ4n) is 4.04. The van der Waals surface area contributed by atoms with Crippen molar-refractivity contribution < 1.29 is 14.4 Å². The number of ether oxygens (including phenoxy) is 1. The summed E-state index contributed by atoms with van der Waals surface area (Å²) in [5.74, 6) is 0.551. The monoisotopic (exact) mass is 407 g/mol. The van der Waals surface area contributed by atoms with Gasteiger partial charge in [0.25, 0.3) is 5.91 Å². The molecule has 0 aliphatic carbocycles. The van der Waals surface area contributed by atoms with E-state index in [1.54, 1.807) is 14.0 Å². The number of para-hydroxylation sites is 1. The zero-order valence-electron chi connectivity index (χ0n) is 17.7. The van der Waals surface area contributed by atoms with Crippen LogP contribution in [-0.2, 0) is 16.2 Å². The van der Waals surface area contributed by atoms with Crippen molar-refractivity contribution in [2.24, 2.45) is 5.16 Å². The predicted molar refractivity (Wildman–Crippen MR) is 118 cm³/mol. The minimum Gasteiger partial charge on any atom is -0.496 e. The molecule has 4 rings (SSSR count). The Morgan fingerprint density at radius 3 is 2.60 bits per heavy atom. The zero-order valence-corrected chi connectivity index (χ0v) is 17.7. The molecule has 0 spiro atoms. The van der Waals surface area contributed by atoms with Crippen LogP contribution < -0.4 is 15.0 Å². The first-order chi connectivity index (χ1) is 14.6. The number of hydrogen-bond donors (Lipinski definition) is 1. The Hall–Kier alpha value is -3.02. The number of anilines is 1. The number of rotatable bonds is 6. The lowest BCUT2D eigenvalue weighted by Gasteiger charge is -2.29. The summed E-state index contributed by atoms with van der Waals surface area (Å²) < 4.78 is 5.40. The number of benzene rings is 2. The van der Waals surface area contributed by atoms with Gasteiger partial charge in [-0.1, -0.05) is 29.4 Å². The number of hydrogen-bond acceptors (Lipinski definition) is 5. The number of oxime groups is 1. The Kier molecular flexibility index (Phi) is 5.93. The van der Waals surface area contributed by atoms with Gasteiger partial charge in [-0.15, -0.1) is 0 Å². The van der Waals surface area contributed by atoms with Crippen LogP contribution in [0.25, 0.3) is 0 Å². The van der Waals surface area contributed by atoms with Gasteiger partial charge in [-0.3, -0.25) is 4.79 Å². The van der Waals surface area contributed by atoms with Gasteiger partial charge in [0, 0.05) is 37.3 Å². The highest BCUT2D eigenvalue weighted by atomic mass is 16.7. The van der Waals surface area contributed by atoms with Gasteiger partial charge in [0.2, 0.25) is 5.60 Å². The summed E-state index contributed by atoms with van der Waals surface area (Å²) in [5.41, 5.74) is 2.87. The third-order valence-electron chi connectivity index (χ3n) is 5.87.